The normalized spacial score (nSPS) is 12.5. The number of hydrogen-bond acceptors (Lipinski definition) is 3. The van der Waals surface area contributed by atoms with Crippen molar-refractivity contribution in [3.8, 4) is 0 Å². The van der Waals surface area contributed by atoms with E-state index >= 15 is 0 Å². The van der Waals surface area contributed by atoms with Crippen molar-refractivity contribution in [1.82, 2.24) is 0 Å². The molecule has 0 rings (SSSR count). The molecule has 0 saturated heterocycles. The van der Waals surface area contributed by atoms with Crippen LogP contribution >= 0.6 is 0 Å². The van der Waals surface area contributed by atoms with Crippen LogP contribution in [-0.4, -0.2) is 23.1 Å². The summed E-state index contributed by atoms with van der Waals surface area (Å²) >= 11 is 0. The van der Waals surface area contributed by atoms with Gasteiger partial charge in [-0.05, 0) is 51.0 Å². The van der Waals surface area contributed by atoms with Gasteiger partial charge in [0.05, 0.1) is 0 Å². The molecule has 0 saturated carbocycles. The molecule has 1 N–H and O–H groups in total. The number of hydrogen-bond donors (Lipinski definition) is 1. The predicted octanol–water partition coefficient (Wildman–Crippen LogP) is 10.5. The van der Waals surface area contributed by atoms with Crippen LogP contribution in [0.4, 0.5) is 0 Å². The summed E-state index contributed by atoms with van der Waals surface area (Å²) in [5, 5.41) is 8.72. The smallest absolute Gasteiger partial charge is 0.306 e. The van der Waals surface area contributed by atoms with Gasteiger partial charge < -0.3 is 9.84 Å². The Bertz CT molecular complexity index is 567. The molecule has 0 aliphatic heterocycles. The van der Waals surface area contributed by atoms with E-state index in [-0.39, 0.29) is 18.5 Å². The third-order valence-corrected chi connectivity index (χ3v) is 6.91. The first kappa shape index (κ1) is 35.4. The van der Waals surface area contributed by atoms with Crippen molar-refractivity contribution in [2.24, 2.45) is 0 Å². The first-order chi connectivity index (χ1) is 18.1. The molecule has 0 fully saturated rings. The lowest BCUT2D eigenvalue weighted by Crippen LogP contribution is -2.16. The molecule has 0 radical (unpaired) electrons. The van der Waals surface area contributed by atoms with E-state index in [1.165, 1.54) is 70.6 Å². The monoisotopic (exact) mass is 520 g/mol. The van der Waals surface area contributed by atoms with Gasteiger partial charge in [-0.1, -0.05) is 128 Å². The van der Waals surface area contributed by atoms with Crippen LogP contribution in [0.3, 0.4) is 0 Å². The number of carbonyl (C=O) groups excluding carboxylic acids is 1. The highest BCUT2D eigenvalue weighted by molar-refractivity contribution is 5.69. The first-order valence-electron chi connectivity index (χ1n) is 15.8. The van der Waals surface area contributed by atoms with E-state index in [1.807, 2.05) is 0 Å². The molecule has 0 aromatic carbocycles. The Hall–Kier alpha value is -1.58. The second-order valence-corrected chi connectivity index (χ2v) is 10.6. The summed E-state index contributed by atoms with van der Waals surface area (Å²) in [7, 11) is 0. The van der Waals surface area contributed by atoms with E-state index in [0.29, 0.717) is 6.42 Å². The summed E-state index contributed by atoms with van der Waals surface area (Å²) < 4.78 is 5.85. The van der Waals surface area contributed by atoms with Crippen LogP contribution in [0.15, 0.2) is 24.3 Å². The maximum Gasteiger partial charge on any atom is 0.306 e. The highest BCUT2D eigenvalue weighted by Crippen LogP contribution is 2.15. The standard InChI is InChI=1S/C33H60O4/c1-3-5-7-9-11-13-14-16-22-26-30-33(36)37-31(27-23-19-15-12-10-8-6-4-2)28-24-20-17-18-21-25-29-32(34)35/h12,15,23,27,31H,3-11,13-14,16-22,24-26,28-30H2,1-2H3,(H,34,35)/b15-12-,27-23-. The Morgan fingerprint density at radius 1 is 0.622 bits per heavy atom. The number of carboxylic acids is 1. The van der Waals surface area contributed by atoms with Crippen molar-refractivity contribution in [2.75, 3.05) is 0 Å². The third-order valence-electron chi connectivity index (χ3n) is 6.91. The largest absolute Gasteiger partial charge is 0.481 e. The lowest BCUT2D eigenvalue weighted by atomic mass is 10.1. The van der Waals surface area contributed by atoms with Crippen molar-refractivity contribution >= 4 is 11.9 Å². The Kier molecular flexibility index (Phi) is 27.7. The lowest BCUT2D eigenvalue weighted by molar-refractivity contribution is -0.147. The fourth-order valence-corrected chi connectivity index (χ4v) is 4.54. The second-order valence-electron chi connectivity index (χ2n) is 10.6. The summed E-state index contributed by atoms with van der Waals surface area (Å²) in [6.45, 7) is 4.48. The minimum absolute atomic E-state index is 0.0574. The zero-order valence-electron chi connectivity index (χ0n) is 24.5. The van der Waals surface area contributed by atoms with E-state index < -0.39 is 5.97 Å². The Morgan fingerprint density at radius 3 is 1.73 bits per heavy atom. The fourth-order valence-electron chi connectivity index (χ4n) is 4.54. The van der Waals surface area contributed by atoms with Gasteiger partial charge >= 0.3 is 11.9 Å². The molecule has 0 aliphatic carbocycles. The molecule has 0 heterocycles. The molecule has 37 heavy (non-hydrogen) atoms. The molecule has 0 aromatic heterocycles. The average molecular weight is 521 g/mol. The van der Waals surface area contributed by atoms with Crippen molar-refractivity contribution in [1.29, 1.82) is 0 Å². The Labute approximate surface area is 229 Å². The Morgan fingerprint density at radius 2 is 1.14 bits per heavy atom. The molecular weight excluding hydrogens is 460 g/mol. The van der Waals surface area contributed by atoms with Gasteiger partial charge in [0.2, 0.25) is 0 Å². The van der Waals surface area contributed by atoms with Crippen molar-refractivity contribution in [2.45, 2.75) is 174 Å². The summed E-state index contributed by atoms with van der Waals surface area (Å²) in [5.74, 6) is -0.761. The van der Waals surface area contributed by atoms with Gasteiger partial charge in [-0.2, -0.15) is 0 Å². The number of aliphatic carboxylic acids is 1. The summed E-state index contributed by atoms with van der Waals surface area (Å²) in [6, 6.07) is 0. The molecule has 4 heteroatoms. The van der Waals surface area contributed by atoms with E-state index in [1.54, 1.807) is 0 Å². The fraction of sp³-hybridized carbons (Fsp3) is 0.818. The minimum atomic E-state index is -0.704. The predicted molar refractivity (Wildman–Crippen MR) is 158 cm³/mol. The van der Waals surface area contributed by atoms with Gasteiger partial charge in [-0.25, -0.2) is 0 Å². The summed E-state index contributed by atoms with van der Waals surface area (Å²) in [4.78, 5) is 23.1. The van der Waals surface area contributed by atoms with Gasteiger partial charge in [0.25, 0.3) is 0 Å². The Balaban J connectivity index is 4.18. The highest BCUT2D eigenvalue weighted by atomic mass is 16.5. The van der Waals surface area contributed by atoms with Crippen molar-refractivity contribution < 1.29 is 19.4 Å². The zero-order valence-corrected chi connectivity index (χ0v) is 24.5. The van der Waals surface area contributed by atoms with Crippen LogP contribution in [-0.2, 0) is 14.3 Å². The molecule has 4 nitrogen and oxygen atoms in total. The molecule has 0 aromatic rings. The van der Waals surface area contributed by atoms with Gasteiger partial charge in [-0.3, -0.25) is 9.59 Å². The number of allylic oxidation sites excluding steroid dienone is 3. The van der Waals surface area contributed by atoms with Crippen LogP contribution in [0.2, 0.25) is 0 Å². The van der Waals surface area contributed by atoms with Crippen molar-refractivity contribution in [3.05, 3.63) is 24.3 Å². The van der Waals surface area contributed by atoms with E-state index in [2.05, 4.69) is 38.2 Å². The molecule has 0 aliphatic rings. The van der Waals surface area contributed by atoms with E-state index in [9.17, 15) is 9.59 Å². The van der Waals surface area contributed by atoms with Gasteiger partial charge in [0.1, 0.15) is 6.10 Å². The molecule has 1 atom stereocenters. The maximum absolute atomic E-state index is 12.5. The number of rotatable bonds is 28. The van der Waals surface area contributed by atoms with Crippen molar-refractivity contribution in [3.63, 3.8) is 0 Å². The molecule has 0 spiro atoms. The second kappa shape index (κ2) is 29.0. The van der Waals surface area contributed by atoms with E-state index in [4.69, 9.17) is 9.84 Å². The number of carbonyl (C=O) groups is 2. The first-order valence-corrected chi connectivity index (χ1v) is 15.8. The molecule has 0 amide bonds. The van der Waals surface area contributed by atoms with Crippen LogP contribution < -0.4 is 0 Å². The highest BCUT2D eigenvalue weighted by Gasteiger charge is 2.11. The quantitative estimate of drug-likeness (QED) is 0.0633. The topological polar surface area (TPSA) is 63.6 Å². The zero-order chi connectivity index (χ0) is 27.2. The molecule has 1 unspecified atom stereocenters. The average Bonchev–Trinajstić information content (AvgIpc) is 2.87. The van der Waals surface area contributed by atoms with Crippen LogP contribution in [0.5, 0.6) is 0 Å². The summed E-state index contributed by atoms with van der Waals surface area (Å²) in [6.07, 6.45) is 34.8. The van der Waals surface area contributed by atoms with Crippen LogP contribution in [0, 0.1) is 0 Å². The number of ether oxygens (including phenoxy) is 1. The number of esters is 1. The van der Waals surface area contributed by atoms with Gasteiger partial charge in [0.15, 0.2) is 0 Å². The van der Waals surface area contributed by atoms with Crippen LogP contribution in [0.1, 0.15) is 168 Å². The SMILES string of the molecule is CCCCC/C=C\C/C=C\C(CCCCCCCCC(=O)O)OC(=O)CCCCCCCCCCCC. The molecule has 0 bridgehead atoms. The lowest BCUT2D eigenvalue weighted by Gasteiger charge is -2.14. The minimum Gasteiger partial charge on any atom is -0.481 e. The van der Waals surface area contributed by atoms with E-state index in [0.717, 1.165) is 70.6 Å². The summed E-state index contributed by atoms with van der Waals surface area (Å²) in [5.41, 5.74) is 0. The molecular formula is C33H60O4. The number of unbranched alkanes of at least 4 members (excludes halogenated alkanes) is 17. The molecule has 216 valence electrons. The number of carboxylic acid groups (broad SMARTS) is 1. The van der Waals surface area contributed by atoms with Crippen LogP contribution in [0.25, 0.3) is 0 Å². The van der Waals surface area contributed by atoms with Gasteiger partial charge in [-0.15, -0.1) is 0 Å². The third kappa shape index (κ3) is 28.8. The maximum atomic E-state index is 12.5. The van der Waals surface area contributed by atoms with Gasteiger partial charge in [0, 0.05) is 12.8 Å².